The highest BCUT2D eigenvalue weighted by Crippen LogP contribution is 2.38. The number of nitriles is 1. The Hall–Kier alpha value is -4.05. The van der Waals surface area contributed by atoms with E-state index in [4.69, 9.17) is 10.00 Å². The minimum atomic E-state index is -0.571. The van der Waals surface area contributed by atoms with Crippen LogP contribution in [0.5, 0.6) is 0 Å². The van der Waals surface area contributed by atoms with E-state index in [0.717, 1.165) is 11.1 Å². The molecule has 5 nitrogen and oxygen atoms in total. The molecule has 4 rings (SSSR count). The quantitative estimate of drug-likeness (QED) is 0.510. The van der Waals surface area contributed by atoms with Crippen molar-refractivity contribution in [3.05, 3.63) is 101 Å². The fourth-order valence-corrected chi connectivity index (χ4v) is 3.63. The van der Waals surface area contributed by atoms with E-state index in [2.05, 4.69) is 5.10 Å². The number of carbonyl (C=O) groups excluding carboxylic acids is 1. The van der Waals surface area contributed by atoms with Gasteiger partial charge < -0.3 is 4.74 Å². The third-order valence-corrected chi connectivity index (χ3v) is 5.22. The van der Waals surface area contributed by atoms with E-state index >= 15 is 0 Å². The molecule has 0 saturated heterocycles. The highest BCUT2D eigenvalue weighted by molar-refractivity contribution is 6.04. The summed E-state index contributed by atoms with van der Waals surface area (Å²) >= 11 is 0. The molecule has 3 aromatic rings. The number of hydrogen-bond acceptors (Lipinski definition) is 5. The summed E-state index contributed by atoms with van der Waals surface area (Å²) < 4.78 is 33.3. The summed E-state index contributed by atoms with van der Waals surface area (Å²) in [6.07, 6.45) is 0.448. The number of hydrazone groups is 1. The van der Waals surface area contributed by atoms with Gasteiger partial charge in [0.25, 0.3) is 0 Å². The maximum atomic E-state index is 14.8. The van der Waals surface area contributed by atoms with Gasteiger partial charge in [0.1, 0.15) is 11.6 Å². The Bertz CT molecular complexity index is 1220. The van der Waals surface area contributed by atoms with Gasteiger partial charge in [0.05, 0.1) is 41.2 Å². The molecule has 3 aromatic carbocycles. The first-order valence-electron chi connectivity index (χ1n) is 10.1. The first-order valence-corrected chi connectivity index (χ1v) is 10.1. The predicted octanol–water partition coefficient (Wildman–Crippen LogP) is 5.37. The number of rotatable bonds is 5. The SMILES string of the molecule is CCOC(=O)c1ccc(C2=NN(c3ccc(C#N)cc3F)C(c3ccc(F)cc3)C2)cc1. The summed E-state index contributed by atoms with van der Waals surface area (Å²) in [6.45, 7) is 2.03. The average molecular weight is 431 g/mol. The summed E-state index contributed by atoms with van der Waals surface area (Å²) in [7, 11) is 0. The molecule has 0 bridgehead atoms. The van der Waals surface area contributed by atoms with E-state index in [1.165, 1.54) is 30.3 Å². The minimum absolute atomic E-state index is 0.211. The molecule has 0 aromatic heterocycles. The first kappa shape index (κ1) is 21.2. The molecule has 1 aliphatic rings. The van der Waals surface area contributed by atoms with Gasteiger partial charge >= 0.3 is 5.97 Å². The number of ether oxygens (including phenoxy) is 1. The molecule has 1 heterocycles. The topological polar surface area (TPSA) is 65.7 Å². The van der Waals surface area contributed by atoms with E-state index in [1.807, 2.05) is 6.07 Å². The zero-order valence-corrected chi connectivity index (χ0v) is 17.3. The van der Waals surface area contributed by atoms with Gasteiger partial charge in [0.2, 0.25) is 0 Å². The number of nitrogens with zero attached hydrogens (tertiary/aromatic N) is 3. The van der Waals surface area contributed by atoms with Crippen molar-refractivity contribution in [2.24, 2.45) is 5.10 Å². The summed E-state index contributed by atoms with van der Waals surface area (Å²) in [5.74, 6) is -1.34. The van der Waals surface area contributed by atoms with Crippen molar-refractivity contribution in [1.82, 2.24) is 0 Å². The zero-order chi connectivity index (χ0) is 22.7. The van der Waals surface area contributed by atoms with E-state index in [0.29, 0.717) is 17.7 Å². The van der Waals surface area contributed by atoms with Gasteiger partial charge in [-0.1, -0.05) is 24.3 Å². The molecule has 0 saturated carbocycles. The van der Waals surface area contributed by atoms with Crippen molar-refractivity contribution < 1.29 is 18.3 Å². The van der Waals surface area contributed by atoms with Crippen LogP contribution in [0, 0.1) is 23.0 Å². The standard InChI is InChI=1S/C25H19F2N3O2/c1-2-32-25(31)19-6-4-17(5-7-19)22-14-24(18-8-10-20(26)11-9-18)30(29-22)23-12-3-16(15-28)13-21(23)27/h3-13,24H,2,14H2,1H3. The van der Waals surface area contributed by atoms with Crippen molar-refractivity contribution in [2.75, 3.05) is 11.6 Å². The highest BCUT2D eigenvalue weighted by Gasteiger charge is 2.31. The summed E-state index contributed by atoms with van der Waals surface area (Å²) in [5, 5.41) is 15.2. The van der Waals surface area contributed by atoms with E-state index in [9.17, 15) is 13.6 Å². The number of esters is 1. The fraction of sp³-hybridized carbons (Fsp3) is 0.160. The predicted molar refractivity (Wildman–Crippen MR) is 116 cm³/mol. The Morgan fingerprint density at radius 1 is 1.12 bits per heavy atom. The lowest BCUT2D eigenvalue weighted by atomic mass is 9.97. The monoisotopic (exact) mass is 431 g/mol. The van der Waals surface area contributed by atoms with Gasteiger partial charge in [-0.15, -0.1) is 0 Å². The number of halogens is 2. The lowest BCUT2D eigenvalue weighted by Crippen LogP contribution is -2.19. The van der Waals surface area contributed by atoms with Crippen LogP contribution in [-0.2, 0) is 4.74 Å². The van der Waals surface area contributed by atoms with Crippen molar-refractivity contribution in [1.29, 1.82) is 5.26 Å². The highest BCUT2D eigenvalue weighted by atomic mass is 19.1. The van der Waals surface area contributed by atoms with Crippen molar-refractivity contribution in [3.8, 4) is 6.07 Å². The average Bonchev–Trinajstić information content (AvgIpc) is 3.25. The molecular formula is C25H19F2N3O2. The lowest BCUT2D eigenvalue weighted by molar-refractivity contribution is 0.0526. The second kappa shape index (κ2) is 8.98. The normalized spacial score (nSPS) is 15.2. The van der Waals surface area contributed by atoms with Gasteiger partial charge in [-0.3, -0.25) is 5.01 Å². The maximum Gasteiger partial charge on any atom is 0.338 e. The first-order chi connectivity index (χ1) is 15.5. The van der Waals surface area contributed by atoms with E-state index in [1.54, 1.807) is 48.3 Å². The molecule has 1 unspecified atom stereocenters. The molecule has 32 heavy (non-hydrogen) atoms. The molecule has 0 aliphatic carbocycles. The number of benzene rings is 3. The summed E-state index contributed by atoms with van der Waals surface area (Å²) in [6, 6.07) is 18.6. The van der Waals surface area contributed by atoms with Crippen LogP contribution in [0.2, 0.25) is 0 Å². The molecule has 0 radical (unpaired) electrons. The summed E-state index contributed by atoms with van der Waals surface area (Å²) in [5.41, 5.74) is 3.11. The molecule has 0 spiro atoms. The van der Waals surface area contributed by atoms with Crippen LogP contribution < -0.4 is 5.01 Å². The molecule has 7 heteroatoms. The van der Waals surface area contributed by atoms with Gasteiger partial charge in [0, 0.05) is 6.42 Å². The molecular weight excluding hydrogens is 412 g/mol. The fourth-order valence-electron chi connectivity index (χ4n) is 3.63. The number of carbonyl (C=O) groups is 1. The lowest BCUT2D eigenvalue weighted by Gasteiger charge is -2.24. The Balaban J connectivity index is 1.71. The van der Waals surface area contributed by atoms with Crippen LogP contribution in [0.25, 0.3) is 0 Å². The van der Waals surface area contributed by atoms with E-state index < -0.39 is 11.8 Å². The van der Waals surface area contributed by atoms with Crippen molar-refractivity contribution in [3.63, 3.8) is 0 Å². The van der Waals surface area contributed by atoms with Crippen molar-refractivity contribution in [2.45, 2.75) is 19.4 Å². The van der Waals surface area contributed by atoms with Crippen LogP contribution in [0.3, 0.4) is 0 Å². The van der Waals surface area contributed by atoms with Crippen LogP contribution in [-0.4, -0.2) is 18.3 Å². The molecule has 0 N–H and O–H groups in total. The molecule has 0 amide bonds. The number of hydrogen-bond donors (Lipinski definition) is 0. The summed E-state index contributed by atoms with van der Waals surface area (Å²) in [4.78, 5) is 11.9. The molecule has 160 valence electrons. The van der Waals surface area contributed by atoms with Crippen LogP contribution in [0.1, 0.15) is 46.4 Å². The zero-order valence-electron chi connectivity index (χ0n) is 17.3. The van der Waals surface area contributed by atoms with E-state index in [-0.39, 0.29) is 29.7 Å². The van der Waals surface area contributed by atoms with Gasteiger partial charge in [-0.25, -0.2) is 13.6 Å². The minimum Gasteiger partial charge on any atom is -0.462 e. The molecule has 0 fully saturated rings. The smallest absolute Gasteiger partial charge is 0.338 e. The Kier molecular flexibility index (Phi) is 5.95. The second-order valence-corrected chi connectivity index (χ2v) is 7.24. The number of anilines is 1. The van der Waals surface area contributed by atoms with Gasteiger partial charge in [-0.2, -0.15) is 10.4 Å². The van der Waals surface area contributed by atoms with Crippen LogP contribution in [0.15, 0.2) is 71.8 Å². The van der Waals surface area contributed by atoms with Gasteiger partial charge in [0.15, 0.2) is 0 Å². The maximum absolute atomic E-state index is 14.8. The van der Waals surface area contributed by atoms with Crippen LogP contribution >= 0.6 is 0 Å². The Morgan fingerprint density at radius 2 is 1.84 bits per heavy atom. The third-order valence-electron chi connectivity index (χ3n) is 5.22. The third kappa shape index (κ3) is 4.21. The van der Waals surface area contributed by atoms with Crippen LogP contribution in [0.4, 0.5) is 14.5 Å². The second-order valence-electron chi connectivity index (χ2n) is 7.24. The largest absolute Gasteiger partial charge is 0.462 e. The Labute approximate surface area is 184 Å². The van der Waals surface area contributed by atoms with Crippen molar-refractivity contribution >= 4 is 17.4 Å². The molecule has 1 aliphatic heterocycles. The molecule has 1 atom stereocenters. The van der Waals surface area contributed by atoms with Gasteiger partial charge in [-0.05, 0) is 60.5 Å². The Morgan fingerprint density at radius 3 is 2.47 bits per heavy atom.